The molecule has 5 nitrogen and oxygen atoms in total. The molecule has 1 atom stereocenters. The summed E-state index contributed by atoms with van der Waals surface area (Å²) >= 11 is 0. The Labute approximate surface area is 121 Å². The van der Waals surface area contributed by atoms with Crippen LogP contribution in [0.3, 0.4) is 0 Å². The Bertz CT molecular complexity index is 520. The Hall–Kier alpha value is -1.27. The van der Waals surface area contributed by atoms with Gasteiger partial charge in [0.2, 0.25) is 10.0 Å². The summed E-state index contributed by atoms with van der Waals surface area (Å²) in [6, 6.07) is 7.40. The third-order valence-corrected chi connectivity index (χ3v) is 4.97. The normalized spacial score (nSPS) is 19.6. The van der Waals surface area contributed by atoms with Crippen LogP contribution in [-0.2, 0) is 10.0 Å². The molecule has 112 valence electrons. The predicted octanol–water partition coefficient (Wildman–Crippen LogP) is 1.49. The predicted molar refractivity (Wildman–Crippen MR) is 83.8 cm³/mol. The van der Waals surface area contributed by atoms with Crippen molar-refractivity contribution in [1.82, 2.24) is 5.32 Å². The fourth-order valence-electron chi connectivity index (χ4n) is 2.43. The molecule has 1 aliphatic rings. The Kier molecular flexibility index (Phi) is 4.88. The summed E-state index contributed by atoms with van der Waals surface area (Å²) < 4.78 is 26.9. The topological polar surface area (TPSA) is 61.4 Å². The van der Waals surface area contributed by atoms with Gasteiger partial charge in [0.25, 0.3) is 0 Å². The van der Waals surface area contributed by atoms with E-state index in [1.54, 1.807) is 12.1 Å². The fraction of sp³-hybridized carbons (Fsp3) is 0.571. The Balaban J connectivity index is 1.96. The van der Waals surface area contributed by atoms with Crippen LogP contribution >= 0.6 is 0 Å². The van der Waals surface area contributed by atoms with Crippen molar-refractivity contribution in [1.29, 1.82) is 0 Å². The second-order valence-corrected chi connectivity index (χ2v) is 7.30. The number of benzene rings is 1. The summed E-state index contributed by atoms with van der Waals surface area (Å²) in [5.74, 6) is 0.400. The summed E-state index contributed by atoms with van der Waals surface area (Å²) in [6.45, 7) is 1.79. The van der Waals surface area contributed by atoms with Crippen LogP contribution in [0.15, 0.2) is 24.3 Å². The zero-order valence-electron chi connectivity index (χ0n) is 12.1. The molecule has 0 spiro atoms. The summed E-state index contributed by atoms with van der Waals surface area (Å²) in [5.41, 5.74) is 1.67. The van der Waals surface area contributed by atoms with Crippen molar-refractivity contribution in [2.75, 3.05) is 42.6 Å². The number of anilines is 2. The van der Waals surface area contributed by atoms with Crippen molar-refractivity contribution < 1.29 is 8.42 Å². The first-order valence-electron chi connectivity index (χ1n) is 6.95. The molecule has 2 N–H and O–H groups in total. The van der Waals surface area contributed by atoms with Crippen molar-refractivity contribution in [3.63, 3.8) is 0 Å². The first-order chi connectivity index (χ1) is 9.46. The van der Waals surface area contributed by atoms with Gasteiger partial charge in [-0.15, -0.1) is 0 Å². The lowest BCUT2D eigenvalue weighted by atomic mass is 10.0. The summed E-state index contributed by atoms with van der Waals surface area (Å²) in [6.07, 6.45) is 2.03. The van der Waals surface area contributed by atoms with Crippen LogP contribution < -0.4 is 14.9 Å². The summed E-state index contributed by atoms with van der Waals surface area (Å²) in [5, 5.41) is 3.24. The molecule has 1 aromatic carbocycles. The van der Waals surface area contributed by atoms with Crippen molar-refractivity contribution in [3.8, 4) is 0 Å². The molecular weight excluding hydrogens is 274 g/mol. The number of rotatable bonds is 5. The van der Waals surface area contributed by atoms with E-state index in [1.165, 1.54) is 0 Å². The lowest BCUT2D eigenvalue weighted by molar-refractivity contribution is 0.404. The first-order valence-corrected chi connectivity index (χ1v) is 8.60. The van der Waals surface area contributed by atoms with Gasteiger partial charge in [0.1, 0.15) is 0 Å². The van der Waals surface area contributed by atoms with Gasteiger partial charge in [-0.25, -0.2) is 8.42 Å². The molecule has 1 aliphatic heterocycles. The van der Waals surface area contributed by atoms with E-state index in [-0.39, 0.29) is 11.7 Å². The van der Waals surface area contributed by atoms with Gasteiger partial charge in [-0.1, -0.05) is 0 Å². The number of nitrogens with one attached hydrogen (secondary N) is 2. The number of hydrogen-bond acceptors (Lipinski definition) is 4. The SMILES string of the molecule is CN(C)c1ccc(NS(=O)(=O)CC2CCCNC2)cc1. The van der Waals surface area contributed by atoms with Crippen LogP contribution in [0.25, 0.3) is 0 Å². The van der Waals surface area contributed by atoms with Crippen LogP contribution in [0.1, 0.15) is 12.8 Å². The van der Waals surface area contributed by atoms with Gasteiger partial charge in [-0.2, -0.15) is 0 Å². The number of sulfonamides is 1. The van der Waals surface area contributed by atoms with Crippen LogP contribution in [-0.4, -0.2) is 41.4 Å². The highest BCUT2D eigenvalue weighted by molar-refractivity contribution is 7.92. The minimum atomic E-state index is -3.27. The maximum Gasteiger partial charge on any atom is 0.233 e. The quantitative estimate of drug-likeness (QED) is 0.864. The fourth-order valence-corrected chi connectivity index (χ4v) is 3.91. The van der Waals surface area contributed by atoms with Gasteiger partial charge < -0.3 is 10.2 Å². The Morgan fingerprint density at radius 2 is 2.00 bits per heavy atom. The van der Waals surface area contributed by atoms with Gasteiger partial charge >= 0.3 is 0 Å². The van der Waals surface area contributed by atoms with Gasteiger partial charge in [0, 0.05) is 25.5 Å². The van der Waals surface area contributed by atoms with E-state index in [0.29, 0.717) is 5.69 Å². The third-order valence-electron chi connectivity index (χ3n) is 3.51. The average molecular weight is 297 g/mol. The molecule has 0 saturated carbocycles. The maximum atomic E-state index is 12.1. The zero-order chi connectivity index (χ0) is 14.6. The molecule has 1 fully saturated rings. The third kappa shape index (κ3) is 4.38. The molecule has 1 saturated heterocycles. The molecule has 20 heavy (non-hydrogen) atoms. The molecule has 0 radical (unpaired) electrons. The highest BCUT2D eigenvalue weighted by Gasteiger charge is 2.21. The zero-order valence-corrected chi connectivity index (χ0v) is 12.9. The second kappa shape index (κ2) is 6.45. The summed E-state index contributed by atoms with van der Waals surface area (Å²) in [4.78, 5) is 1.98. The standard InChI is InChI=1S/C14H23N3O2S/c1-17(2)14-7-5-13(6-8-14)16-20(18,19)11-12-4-3-9-15-10-12/h5-8,12,15-16H,3-4,9-11H2,1-2H3. The van der Waals surface area contributed by atoms with E-state index in [9.17, 15) is 8.42 Å². The molecule has 1 heterocycles. The Morgan fingerprint density at radius 1 is 1.30 bits per heavy atom. The van der Waals surface area contributed by atoms with Crippen LogP contribution in [0.5, 0.6) is 0 Å². The molecule has 0 aliphatic carbocycles. The number of piperidine rings is 1. The lowest BCUT2D eigenvalue weighted by Gasteiger charge is -2.22. The minimum Gasteiger partial charge on any atom is -0.378 e. The average Bonchev–Trinajstić information content (AvgIpc) is 2.39. The smallest absolute Gasteiger partial charge is 0.233 e. The monoisotopic (exact) mass is 297 g/mol. The van der Waals surface area contributed by atoms with E-state index in [1.807, 2.05) is 31.1 Å². The van der Waals surface area contributed by atoms with E-state index in [4.69, 9.17) is 0 Å². The first kappa shape index (κ1) is 15.1. The summed E-state index contributed by atoms with van der Waals surface area (Å²) in [7, 11) is 0.636. The minimum absolute atomic E-state index is 0.190. The van der Waals surface area contributed by atoms with E-state index < -0.39 is 10.0 Å². The van der Waals surface area contributed by atoms with Crippen LogP contribution in [0.2, 0.25) is 0 Å². The molecule has 0 bridgehead atoms. The Morgan fingerprint density at radius 3 is 2.55 bits per heavy atom. The van der Waals surface area contributed by atoms with E-state index >= 15 is 0 Å². The van der Waals surface area contributed by atoms with Gasteiger partial charge in [-0.3, -0.25) is 4.72 Å². The largest absolute Gasteiger partial charge is 0.378 e. The molecular formula is C14H23N3O2S. The number of hydrogen-bond donors (Lipinski definition) is 2. The van der Waals surface area contributed by atoms with Crippen molar-refractivity contribution in [3.05, 3.63) is 24.3 Å². The van der Waals surface area contributed by atoms with E-state index in [0.717, 1.165) is 31.6 Å². The molecule has 1 unspecified atom stereocenters. The second-order valence-electron chi connectivity index (χ2n) is 5.54. The molecule has 6 heteroatoms. The number of nitrogens with zero attached hydrogens (tertiary/aromatic N) is 1. The van der Waals surface area contributed by atoms with Crippen molar-refractivity contribution >= 4 is 21.4 Å². The van der Waals surface area contributed by atoms with Gasteiger partial charge in [0.15, 0.2) is 0 Å². The van der Waals surface area contributed by atoms with Crippen LogP contribution in [0, 0.1) is 5.92 Å². The highest BCUT2D eigenvalue weighted by Crippen LogP contribution is 2.18. The molecule has 2 rings (SSSR count). The lowest BCUT2D eigenvalue weighted by Crippen LogP contribution is -2.35. The van der Waals surface area contributed by atoms with Crippen molar-refractivity contribution in [2.24, 2.45) is 5.92 Å². The molecule has 1 aromatic rings. The van der Waals surface area contributed by atoms with Crippen LogP contribution in [0.4, 0.5) is 11.4 Å². The van der Waals surface area contributed by atoms with Gasteiger partial charge in [0.05, 0.1) is 5.75 Å². The van der Waals surface area contributed by atoms with Crippen molar-refractivity contribution in [2.45, 2.75) is 12.8 Å². The van der Waals surface area contributed by atoms with E-state index in [2.05, 4.69) is 10.0 Å². The molecule has 0 amide bonds. The molecule has 0 aromatic heterocycles. The maximum absolute atomic E-state index is 12.1. The highest BCUT2D eigenvalue weighted by atomic mass is 32.2. The van der Waals surface area contributed by atoms with Gasteiger partial charge in [-0.05, 0) is 56.1 Å².